The quantitative estimate of drug-likeness (QED) is 0.0514. The van der Waals surface area contributed by atoms with Crippen molar-refractivity contribution < 1.29 is 28.8 Å². The molecule has 0 radical (unpaired) electrons. The first kappa shape index (κ1) is 37.3. The zero-order valence-electron chi connectivity index (χ0n) is 26.1. The molecular formula is C32H58O6Si. The van der Waals surface area contributed by atoms with E-state index in [0.717, 1.165) is 49.7 Å². The second kappa shape index (κ2) is 24.2. The average Bonchev–Trinajstić information content (AvgIpc) is 2.93. The molecule has 7 heteroatoms. The standard InChI is InChI=1S/C18H26O3.C14H32O3Si/c1-4-6-7-8-13-16(17(21-3)18(19)20)15-12-10-9-11-14(15)5-2;1-4-15-14(16-5-2,17-6-3)12-10-8-7-9-11-13-18/h9-12H,4-8,13H2,1-3H3,(H,19,20);4-13H2,1-3,18H3. The number of allylic oxidation sites excluding steroid dienone is 1. The summed E-state index contributed by atoms with van der Waals surface area (Å²) >= 11 is 0. The van der Waals surface area contributed by atoms with Gasteiger partial charge in [-0.3, -0.25) is 0 Å². The minimum Gasteiger partial charge on any atom is -0.490 e. The zero-order chi connectivity index (χ0) is 29.4. The van der Waals surface area contributed by atoms with E-state index in [1.54, 1.807) is 0 Å². The van der Waals surface area contributed by atoms with Crippen molar-refractivity contribution in [2.24, 2.45) is 0 Å². The van der Waals surface area contributed by atoms with E-state index in [9.17, 15) is 9.90 Å². The fraction of sp³-hybridized carbons (Fsp3) is 0.719. The van der Waals surface area contributed by atoms with Gasteiger partial charge < -0.3 is 24.1 Å². The fourth-order valence-electron chi connectivity index (χ4n) is 4.68. The van der Waals surface area contributed by atoms with Gasteiger partial charge in [0.05, 0.1) is 7.11 Å². The van der Waals surface area contributed by atoms with Crippen LogP contribution in [0.3, 0.4) is 0 Å². The van der Waals surface area contributed by atoms with Crippen LogP contribution in [0.4, 0.5) is 0 Å². The summed E-state index contributed by atoms with van der Waals surface area (Å²) < 4.78 is 22.3. The summed E-state index contributed by atoms with van der Waals surface area (Å²) in [5.74, 6) is -1.71. The summed E-state index contributed by atoms with van der Waals surface area (Å²) in [4.78, 5) is 11.5. The lowest BCUT2D eigenvalue weighted by Crippen LogP contribution is -2.39. The van der Waals surface area contributed by atoms with Crippen LogP contribution in [-0.4, -0.2) is 54.2 Å². The highest BCUT2D eigenvalue weighted by atomic mass is 28.1. The molecule has 1 N–H and O–H groups in total. The molecule has 0 aromatic heterocycles. The predicted molar refractivity (Wildman–Crippen MR) is 166 cm³/mol. The van der Waals surface area contributed by atoms with Gasteiger partial charge in [-0.15, -0.1) is 0 Å². The molecule has 6 nitrogen and oxygen atoms in total. The Balaban J connectivity index is 0.000000751. The lowest BCUT2D eigenvalue weighted by Gasteiger charge is -2.32. The highest BCUT2D eigenvalue weighted by Crippen LogP contribution is 2.29. The van der Waals surface area contributed by atoms with Crippen molar-refractivity contribution in [3.8, 4) is 0 Å². The van der Waals surface area contributed by atoms with Crippen LogP contribution in [0, 0.1) is 0 Å². The number of carbonyl (C=O) groups is 1. The summed E-state index contributed by atoms with van der Waals surface area (Å²) in [5, 5.41) is 9.39. The van der Waals surface area contributed by atoms with Gasteiger partial charge in [-0.05, 0) is 57.6 Å². The Morgan fingerprint density at radius 1 is 0.821 bits per heavy atom. The van der Waals surface area contributed by atoms with Gasteiger partial charge in [0.1, 0.15) is 0 Å². The Labute approximate surface area is 242 Å². The molecule has 0 amide bonds. The lowest BCUT2D eigenvalue weighted by molar-refractivity contribution is -0.380. The predicted octanol–water partition coefficient (Wildman–Crippen LogP) is 7.54. The minimum atomic E-state index is -0.992. The number of hydrogen-bond acceptors (Lipinski definition) is 5. The molecule has 0 spiro atoms. The van der Waals surface area contributed by atoms with Gasteiger partial charge >= 0.3 is 5.97 Å². The van der Waals surface area contributed by atoms with E-state index in [-0.39, 0.29) is 5.76 Å². The first-order valence-electron chi connectivity index (χ1n) is 15.4. The first-order valence-corrected chi connectivity index (χ1v) is 16.8. The second-order valence-electron chi connectivity index (χ2n) is 9.64. The zero-order valence-corrected chi connectivity index (χ0v) is 28.1. The molecule has 0 saturated carbocycles. The number of carboxylic acids is 1. The van der Waals surface area contributed by atoms with E-state index < -0.39 is 11.9 Å². The Morgan fingerprint density at radius 2 is 1.38 bits per heavy atom. The van der Waals surface area contributed by atoms with Crippen molar-refractivity contribution in [3.63, 3.8) is 0 Å². The van der Waals surface area contributed by atoms with Gasteiger partial charge in [-0.25, -0.2) is 4.79 Å². The summed E-state index contributed by atoms with van der Waals surface area (Å²) in [5.41, 5.74) is 2.99. The molecule has 1 aromatic rings. The molecular weight excluding hydrogens is 508 g/mol. The van der Waals surface area contributed by atoms with E-state index in [1.165, 1.54) is 67.5 Å². The molecule has 0 fully saturated rings. The SMILES string of the molecule is CCCCCCC(=C(OC)C(=O)O)c1ccccc1CC.CCOC(CCCCCCC[SiH3])(OCC)OCC. The van der Waals surface area contributed by atoms with Crippen LogP contribution in [0.25, 0.3) is 5.57 Å². The maximum Gasteiger partial charge on any atom is 0.371 e. The average molecular weight is 567 g/mol. The Bertz CT molecular complexity index is 763. The van der Waals surface area contributed by atoms with Gasteiger partial charge in [0.25, 0.3) is 5.97 Å². The lowest BCUT2D eigenvalue weighted by atomic mass is 9.93. The van der Waals surface area contributed by atoms with Crippen molar-refractivity contribution in [2.75, 3.05) is 26.9 Å². The molecule has 1 rings (SSSR count). The molecule has 39 heavy (non-hydrogen) atoms. The van der Waals surface area contributed by atoms with Crippen molar-refractivity contribution in [3.05, 3.63) is 41.2 Å². The largest absolute Gasteiger partial charge is 0.490 e. The summed E-state index contributed by atoms with van der Waals surface area (Å²) in [7, 11) is 2.78. The van der Waals surface area contributed by atoms with E-state index >= 15 is 0 Å². The molecule has 0 unspecified atom stereocenters. The number of benzene rings is 1. The number of unbranched alkanes of at least 4 members (excludes halogenated alkanes) is 7. The molecule has 0 aliphatic rings. The second-order valence-corrected chi connectivity index (χ2v) is 10.6. The number of carboxylic acid groups (broad SMARTS) is 1. The number of methoxy groups -OCH3 is 1. The van der Waals surface area contributed by atoms with Crippen LogP contribution in [-0.2, 0) is 30.2 Å². The monoisotopic (exact) mass is 566 g/mol. The summed E-state index contributed by atoms with van der Waals surface area (Å²) in [6.45, 7) is 12.1. The Morgan fingerprint density at radius 3 is 1.90 bits per heavy atom. The molecule has 0 bridgehead atoms. The molecule has 0 heterocycles. The first-order chi connectivity index (χ1) is 18.9. The van der Waals surface area contributed by atoms with Crippen LogP contribution in [0.1, 0.15) is 116 Å². The van der Waals surface area contributed by atoms with E-state index in [2.05, 4.69) is 19.9 Å². The highest BCUT2D eigenvalue weighted by Gasteiger charge is 2.31. The van der Waals surface area contributed by atoms with Crippen molar-refractivity contribution >= 4 is 21.8 Å². The molecule has 0 aliphatic heterocycles. The topological polar surface area (TPSA) is 74.2 Å². The number of hydrogen-bond donors (Lipinski definition) is 1. The number of ether oxygens (including phenoxy) is 4. The van der Waals surface area contributed by atoms with Gasteiger partial charge in [0, 0.05) is 42.1 Å². The fourth-order valence-corrected chi connectivity index (χ4v) is 5.18. The Kier molecular flexibility index (Phi) is 23.1. The molecule has 0 atom stereocenters. The third kappa shape index (κ3) is 15.6. The van der Waals surface area contributed by atoms with Crippen molar-refractivity contribution in [1.82, 2.24) is 0 Å². The van der Waals surface area contributed by atoms with Crippen LogP contribution < -0.4 is 0 Å². The smallest absolute Gasteiger partial charge is 0.371 e. The number of aliphatic carboxylic acids is 1. The molecule has 0 saturated heterocycles. The van der Waals surface area contributed by atoms with Crippen LogP contribution >= 0.6 is 0 Å². The maximum absolute atomic E-state index is 11.5. The van der Waals surface area contributed by atoms with Crippen LogP contribution in [0.5, 0.6) is 0 Å². The number of aryl methyl sites for hydroxylation is 1. The van der Waals surface area contributed by atoms with Gasteiger partial charge in [0.15, 0.2) is 0 Å². The van der Waals surface area contributed by atoms with E-state index in [0.29, 0.717) is 19.8 Å². The van der Waals surface area contributed by atoms with Crippen LogP contribution in [0.2, 0.25) is 6.04 Å². The van der Waals surface area contributed by atoms with Gasteiger partial charge in [-0.2, -0.15) is 0 Å². The summed E-state index contributed by atoms with van der Waals surface area (Å²) in [6.07, 6.45) is 13.4. The minimum absolute atomic E-state index is 0.0763. The summed E-state index contributed by atoms with van der Waals surface area (Å²) in [6, 6.07) is 9.42. The van der Waals surface area contributed by atoms with Crippen molar-refractivity contribution in [2.45, 2.75) is 124 Å². The third-order valence-corrected chi connectivity index (χ3v) is 7.31. The molecule has 1 aromatic carbocycles. The normalized spacial score (nSPS) is 12.1. The van der Waals surface area contributed by atoms with E-state index in [4.69, 9.17) is 18.9 Å². The van der Waals surface area contributed by atoms with Crippen LogP contribution in [0.15, 0.2) is 30.0 Å². The maximum atomic E-state index is 11.5. The van der Waals surface area contributed by atoms with Gasteiger partial charge in [-0.1, -0.05) is 89.1 Å². The third-order valence-electron chi connectivity index (χ3n) is 6.61. The molecule has 0 aliphatic carbocycles. The number of rotatable bonds is 22. The Hall–Kier alpha value is -1.67. The highest BCUT2D eigenvalue weighted by molar-refractivity contribution is 6.08. The van der Waals surface area contributed by atoms with Gasteiger partial charge in [0.2, 0.25) is 5.76 Å². The molecule has 226 valence electrons. The van der Waals surface area contributed by atoms with Crippen molar-refractivity contribution in [1.29, 1.82) is 0 Å². The van der Waals surface area contributed by atoms with E-state index in [1.807, 2.05) is 39.0 Å².